The van der Waals surface area contributed by atoms with Crippen LogP contribution in [0.4, 0.5) is 5.69 Å². The molecule has 0 spiro atoms. The van der Waals surface area contributed by atoms with Crippen molar-refractivity contribution in [1.82, 2.24) is 4.90 Å². The topological polar surface area (TPSA) is 57.7 Å². The summed E-state index contributed by atoms with van der Waals surface area (Å²) >= 11 is 10.8. The molecule has 1 unspecified atom stereocenters. The Labute approximate surface area is 197 Å². The number of thiophene rings is 1. The van der Waals surface area contributed by atoms with Crippen LogP contribution in [0.1, 0.15) is 21.7 Å². The van der Waals surface area contributed by atoms with Gasteiger partial charge >= 0.3 is 0 Å². The summed E-state index contributed by atoms with van der Waals surface area (Å²) in [5.41, 5.74) is 1.46. The van der Waals surface area contributed by atoms with Crippen LogP contribution in [-0.2, 0) is 16.0 Å². The van der Waals surface area contributed by atoms with Crippen LogP contribution in [0.25, 0.3) is 0 Å². The summed E-state index contributed by atoms with van der Waals surface area (Å²) in [6, 6.07) is 17.0. The number of imide groups is 1. The molecule has 0 bridgehead atoms. The number of nitrogens with zero attached hydrogens (tertiary/aromatic N) is 2. The van der Waals surface area contributed by atoms with Crippen molar-refractivity contribution in [2.24, 2.45) is 0 Å². The van der Waals surface area contributed by atoms with Crippen molar-refractivity contribution in [2.75, 3.05) is 11.4 Å². The predicted molar refractivity (Wildman–Crippen MR) is 126 cm³/mol. The highest BCUT2D eigenvalue weighted by Crippen LogP contribution is 2.28. The first kappa shape index (κ1) is 21.7. The first-order chi connectivity index (χ1) is 14.9. The van der Waals surface area contributed by atoms with Crippen LogP contribution in [-0.4, -0.2) is 35.2 Å². The predicted octanol–water partition coefficient (Wildman–Crippen LogP) is 5.18. The molecule has 2 aromatic carbocycles. The summed E-state index contributed by atoms with van der Waals surface area (Å²) in [4.78, 5) is 42.5. The third-order valence-corrected chi connectivity index (χ3v) is 6.73. The van der Waals surface area contributed by atoms with E-state index in [1.165, 1.54) is 21.1 Å². The molecule has 5 nitrogen and oxygen atoms in total. The van der Waals surface area contributed by atoms with Gasteiger partial charge in [0.05, 0.1) is 17.0 Å². The highest BCUT2D eigenvalue weighted by atomic mass is 79.9. The van der Waals surface area contributed by atoms with Gasteiger partial charge in [0.2, 0.25) is 5.91 Å². The average Bonchev–Trinajstić information content (AvgIpc) is 3.38. The SMILES string of the molecule is O=C1CC(N(CCc2cccc(Cl)c2)C(=O)c2cccs2)C(=O)N1c1ccc(Br)cc1. The molecule has 0 aliphatic carbocycles. The normalized spacial score (nSPS) is 16.1. The molecule has 1 aliphatic rings. The van der Waals surface area contributed by atoms with Crippen LogP contribution in [0.5, 0.6) is 0 Å². The molecule has 0 saturated carbocycles. The number of hydrogen-bond acceptors (Lipinski definition) is 4. The lowest BCUT2D eigenvalue weighted by Crippen LogP contribution is -2.46. The van der Waals surface area contributed by atoms with Crippen molar-refractivity contribution >= 4 is 62.3 Å². The van der Waals surface area contributed by atoms with Gasteiger partial charge < -0.3 is 4.90 Å². The molecule has 1 aliphatic heterocycles. The number of carbonyl (C=O) groups is 3. The summed E-state index contributed by atoms with van der Waals surface area (Å²) in [6.45, 7) is 0.301. The van der Waals surface area contributed by atoms with Gasteiger partial charge in [-0.3, -0.25) is 14.4 Å². The summed E-state index contributed by atoms with van der Waals surface area (Å²) in [7, 11) is 0. The van der Waals surface area contributed by atoms with Gasteiger partial charge in [0.15, 0.2) is 0 Å². The molecular formula is C23H18BrClN2O3S. The Kier molecular flexibility index (Phi) is 6.55. The Bertz CT molecular complexity index is 1120. The standard InChI is InChI=1S/C23H18BrClN2O3S/c24-16-6-8-18(9-7-16)27-21(28)14-19(22(27)29)26(23(30)20-5-2-12-31-20)11-10-15-3-1-4-17(25)13-15/h1-9,12-13,19H,10-11,14H2. The van der Waals surface area contributed by atoms with E-state index < -0.39 is 6.04 Å². The van der Waals surface area contributed by atoms with Crippen molar-refractivity contribution in [3.8, 4) is 0 Å². The van der Waals surface area contributed by atoms with E-state index in [4.69, 9.17) is 11.6 Å². The van der Waals surface area contributed by atoms with Crippen molar-refractivity contribution in [3.05, 3.63) is 86.0 Å². The van der Waals surface area contributed by atoms with Gasteiger partial charge in [0.1, 0.15) is 6.04 Å². The number of anilines is 1. The molecule has 3 amide bonds. The van der Waals surface area contributed by atoms with Gasteiger partial charge in [-0.1, -0.05) is 45.7 Å². The second-order valence-corrected chi connectivity index (χ2v) is 9.42. The van der Waals surface area contributed by atoms with Gasteiger partial charge in [-0.25, -0.2) is 4.90 Å². The van der Waals surface area contributed by atoms with Crippen molar-refractivity contribution < 1.29 is 14.4 Å². The van der Waals surface area contributed by atoms with Gasteiger partial charge in [0, 0.05) is 16.0 Å². The molecular weight excluding hydrogens is 500 g/mol. The zero-order valence-corrected chi connectivity index (χ0v) is 19.5. The molecule has 1 saturated heterocycles. The van der Waals surface area contributed by atoms with Crippen molar-refractivity contribution in [3.63, 3.8) is 0 Å². The smallest absolute Gasteiger partial charge is 0.264 e. The molecule has 4 rings (SSSR count). The van der Waals surface area contributed by atoms with Gasteiger partial charge in [-0.05, 0) is 59.8 Å². The number of benzene rings is 2. The third-order valence-electron chi connectivity index (χ3n) is 5.11. The molecule has 8 heteroatoms. The van der Waals surface area contributed by atoms with E-state index in [1.54, 1.807) is 42.5 Å². The van der Waals surface area contributed by atoms with Crippen molar-refractivity contribution in [2.45, 2.75) is 18.9 Å². The van der Waals surface area contributed by atoms with Gasteiger partial charge in [0.25, 0.3) is 11.8 Å². The van der Waals surface area contributed by atoms with E-state index >= 15 is 0 Å². The number of halogens is 2. The van der Waals surface area contributed by atoms with Gasteiger partial charge in [-0.15, -0.1) is 11.3 Å². The monoisotopic (exact) mass is 516 g/mol. The zero-order valence-electron chi connectivity index (χ0n) is 16.3. The Morgan fingerprint density at radius 1 is 1.13 bits per heavy atom. The first-order valence-electron chi connectivity index (χ1n) is 9.65. The maximum Gasteiger partial charge on any atom is 0.264 e. The van der Waals surface area contributed by atoms with Crippen molar-refractivity contribution in [1.29, 1.82) is 0 Å². The Balaban J connectivity index is 1.61. The number of rotatable bonds is 6. The molecule has 3 aromatic rings. The molecule has 2 heterocycles. The average molecular weight is 518 g/mol. The minimum absolute atomic E-state index is 0.0401. The largest absolute Gasteiger partial charge is 0.325 e. The quantitative estimate of drug-likeness (QED) is 0.423. The molecule has 1 aromatic heterocycles. The first-order valence-corrected chi connectivity index (χ1v) is 11.7. The molecule has 1 atom stereocenters. The zero-order chi connectivity index (χ0) is 22.0. The fourth-order valence-electron chi connectivity index (χ4n) is 3.60. The highest BCUT2D eigenvalue weighted by Gasteiger charge is 2.44. The maximum absolute atomic E-state index is 13.3. The number of carbonyl (C=O) groups excluding carboxylic acids is 3. The third kappa shape index (κ3) is 4.74. The summed E-state index contributed by atoms with van der Waals surface area (Å²) in [6.07, 6.45) is 0.482. The van der Waals surface area contributed by atoms with E-state index in [2.05, 4.69) is 15.9 Å². The fourth-order valence-corrected chi connectivity index (χ4v) is 4.76. The van der Waals surface area contributed by atoms with E-state index in [0.29, 0.717) is 28.6 Å². The lowest BCUT2D eigenvalue weighted by Gasteiger charge is -2.27. The lowest BCUT2D eigenvalue weighted by atomic mass is 10.1. The number of amides is 3. The fraction of sp³-hybridized carbons (Fsp3) is 0.174. The van der Waals surface area contributed by atoms with Crippen LogP contribution in [0.15, 0.2) is 70.5 Å². The van der Waals surface area contributed by atoms with E-state index in [1.807, 2.05) is 23.6 Å². The van der Waals surface area contributed by atoms with Crippen LogP contribution in [0, 0.1) is 0 Å². The minimum atomic E-state index is -0.843. The molecule has 31 heavy (non-hydrogen) atoms. The summed E-state index contributed by atoms with van der Waals surface area (Å²) in [5, 5.41) is 2.43. The maximum atomic E-state index is 13.3. The molecule has 0 N–H and O–H groups in total. The minimum Gasteiger partial charge on any atom is -0.325 e. The Morgan fingerprint density at radius 2 is 1.90 bits per heavy atom. The Morgan fingerprint density at radius 3 is 2.58 bits per heavy atom. The molecule has 1 fully saturated rings. The summed E-state index contributed by atoms with van der Waals surface area (Å²) in [5.74, 6) is -0.951. The second-order valence-electron chi connectivity index (χ2n) is 7.12. The molecule has 0 radical (unpaired) electrons. The van der Waals surface area contributed by atoms with Crippen LogP contribution >= 0.6 is 38.9 Å². The highest BCUT2D eigenvalue weighted by molar-refractivity contribution is 9.10. The lowest BCUT2D eigenvalue weighted by molar-refractivity contribution is -0.122. The number of hydrogen-bond donors (Lipinski definition) is 0. The second kappa shape index (κ2) is 9.34. The van der Waals surface area contributed by atoms with Crippen LogP contribution < -0.4 is 4.90 Å². The van der Waals surface area contributed by atoms with E-state index in [-0.39, 0.29) is 24.1 Å². The summed E-state index contributed by atoms with van der Waals surface area (Å²) < 4.78 is 0.850. The Hall–Kier alpha value is -2.48. The molecule has 158 valence electrons. The van der Waals surface area contributed by atoms with Crippen LogP contribution in [0.3, 0.4) is 0 Å². The van der Waals surface area contributed by atoms with Crippen LogP contribution in [0.2, 0.25) is 5.02 Å². The van der Waals surface area contributed by atoms with E-state index in [9.17, 15) is 14.4 Å². The van der Waals surface area contributed by atoms with Gasteiger partial charge in [-0.2, -0.15) is 0 Å². The van der Waals surface area contributed by atoms with E-state index in [0.717, 1.165) is 10.0 Å².